The molecule has 0 aliphatic carbocycles. The quantitative estimate of drug-likeness (QED) is 0.0934. The summed E-state index contributed by atoms with van der Waals surface area (Å²) < 4.78 is 104. The number of nitrogens with zero attached hydrogens (tertiary/aromatic N) is 4. The Kier molecular flexibility index (Phi) is 18.7. The number of carboxylic acids is 1. The van der Waals surface area contributed by atoms with E-state index in [1.165, 1.54) is 43.5 Å². The third-order valence-electron chi connectivity index (χ3n) is 12.0. The number of primary sulfonamides is 1. The van der Waals surface area contributed by atoms with Crippen molar-refractivity contribution in [1.82, 2.24) is 24.3 Å². The van der Waals surface area contributed by atoms with Crippen LogP contribution in [0.15, 0.2) is 46.5 Å². The number of benzene rings is 2. The number of aliphatic carboxylic acids is 1. The summed E-state index contributed by atoms with van der Waals surface area (Å²) in [6.07, 6.45) is -0.227. The molecule has 0 atom stereocenters. The third kappa shape index (κ3) is 13.2. The fraction of sp³-hybridized carbons (Fsp3) is 0.583. The summed E-state index contributed by atoms with van der Waals surface area (Å²) in [4.78, 5) is 23.8. The van der Waals surface area contributed by atoms with Crippen LogP contribution < -0.4 is 9.86 Å². The molecule has 2 aliphatic heterocycles. The first kappa shape index (κ1) is 56.9. The number of amides is 1. The fourth-order valence-electron chi connectivity index (χ4n) is 8.18. The first-order valence-corrected chi connectivity index (χ1v) is 25.9. The van der Waals surface area contributed by atoms with Crippen molar-refractivity contribution in [2.75, 3.05) is 40.6 Å². The minimum absolute atomic E-state index is 0.00289. The Balaban J connectivity index is 0.000000249. The van der Waals surface area contributed by atoms with Gasteiger partial charge in [0.05, 0.1) is 50.7 Å². The molecule has 0 saturated carbocycles. The molecule has 4 N–H and O–H groups in total. The number of carboxylic acid groups (broad SMARTS) is 1. The van der Waals surface area contributed by atoms with E-state index in [0.717, 1.165) is 16.7 Å². The standard InChI is InChI=1S/C24H34FN3O5S.C14H19FO2.C10H17N3O4S/c1-14(2)18-8-17(25)9-19(15(3)4)20(18)10-22(29)27-34(30,31)23-11-21(28(26-23)16(5)6)24(32-7)12-33-13-24;1-8(2)11-5-10(15)6-12(9(3)4)13(11)7-14(16)17;1-7(2)13-8(10(16-3)5-17-6-10)4-9(12-13)18(11,14)15/h8-9,11,14-16H,10,12-13H2,1-7H3,(H,27,29);5-6,8-9H,7H2,1-4H3,(H,16,17);4,7H,5-6H2,1-3H3,(H2,11,14,15). The van der Waals surface area contributed by atoms with E-state index in [0.29, 0.717) is 41.3 Å². The van der Waals surface area contributed by atoms with Crippen LogP contribution in [0.4, 0.5) is 8.78 Å². The van der Waals surface area contributed by atoms with Crippen molar-refractivity contribution >= 4 is 31.9 Å². The van der Waals surface area contributed by atoms with Gasteiger partial charge in [0.25, 0.3) is 20.0 Å². The SMILES string of the molecule is CC(C)c1cc(F)cc(C(C)C)c1CC(=O)O.COC1(c2cc(S(=O)(=O)NC(=O)Cc3c(C(C)C)cc(F)cc3C(C)C)nn2C(C)C)COC1.COC1(c2cc(S(N)(=O)=O)nn2C(C)C)COC1. The molecule has 21 heteroatoms. The van der Waals surface area contributed by atoms with Crippen LogP contribution in [0.2, 0.25) is 0 Å². The highest BCUT2D eigenvalue weighted by Crippen LogP contribution is 2.37. The average Bonchev–Trinajstić information content (AvgIpc) is 3.86. The second-order valence-electron chi connectivity index (χ2n) is 19.3. The Hall–Kier alpha value is -4.64. The summed E-state index contributed by atoms with van der Waals surface area (Å²) in [5, 5.41) is 22.0. The highest BCUT2D eigenvalue weighted by molar-refractivity contribution is 7.90. The molecule has 2 saturated heterocycles. The molecule has 1 amide bonds. The number of aromatic nitrogens is 4. The van der Waals surface area contributed by atoms with Gasteiger partial charge in [0, 0.05) is 38.4 Å². The maximum Gasteiger partial charge on any atom is 0.307 e. The zero-order valence-electron chi connectivity index (χ0n) is 42.1. The van der Waals surface area contributed by atoms with Gasteiger partial charge in [-0.15, -0.1) is 0 Å². The molecular weight excluding hydrogens is 939 g/mol. The molecule has 4 aromatic rings. The van der Waals surface area contributed by atoms with Gasteiger partial charge in [-0.3, -0.25) is 19.0 Å². The predicted octanol–water partition coefficient (Wildman–Crippen LogP) is 7.45. The molecule has 4 heterocycles. The van der Waals surface area contributed by atoms with Gasteiger partial charge in [-0.1, -0.05) is 55.4 Å². The Morgan fingerprint density at radius 3 is 1.26 bits per heavy atom. The van der Waals surface area contributed by atoms with E-state index in [1.54, 1.807) is 16.5 Å². The first-order valence-electron chi connectivity index (χ1n) is 22.8. The zero-order valence-corrected chi connectivity index (χ0v) is 43.8. The van der Waals surface area contributed by atoms with Crippen LogP contribution >= 0.6 is 0 Å². The lowest BCUT2D eigenvalue weighted by Gasteiger charge is -2.40. The summed E-state index contributed by atoms with van der Waals surface area (Å²) >= 11 is 0. The molecule has 0 radical (unpaired) electrons. The maximum absolute atomic E-state index is 14.2. The Morgan fingerprint density at radius 2 is 0.986 bits per heavy atom. The molecule has 0 spiro atoms. The largest absolute Gasteiger partial charge is 0.481 e. The second kappa shape index (κ2) is 22.6. The lowest BCUT2D eigenvalue weighted by atomic mass is 9.87. The highest BCUT2D eigenvalue weighted by atomic mass is 32.2. The normalized spacial score (nSPS) is 15.5. The maximum atomic E-state index is 14.2. The van der Waals surface area contributed by atoms with Crippen molar-refractivity contribution in [1.29, 1.82) is 0 Å². The number of carbonyl (C=O) groups is 2. The van der Waals surface area contributed by atoms with E-state index in [-0.39, 0.29) is 83.5 Å². The van der Waals surface area contributed by atoms with Gasteiger partial charge in [0.15, 0.2) is 21.3 Å². The Morgan fingerprint density at radius 1 is 0.652 bits per heavy atom. The smallest absolute Gasteiger partial charge is 0.307 e. The number of hydrogen-bond acceptors (Lipinski definition) is 12. The molecule has 2 aromatic carbocycles. The van der Waals surface area contributed by atoms with Crippen LogP contribution in [0.3, 0.4) is 0 Å². The van der Waals surface area contributed by atoms with Crippen LogP contribution in [-0.2, 0) is 72.6 Å². The number of nitrogens with one attached hydrogen (secondary N) is 1. The lowest BCUT2D eigenvalue weighted by molar-refractivity contribution is -0.206. The van der Waals surface area contributed by atoms with Crippen LogP contribution in [0, 0.1) is 11.6 Å². The predicted molar refractivity (Wildman–Crippen MR) is 255 cm³/mol. The summed E-state index contributed by atoms with van der Waals surface area (Å²) in [6, 6.07) is 8.49. The van der Waals surface area contributed by atoms with Crippen molar-refractivity contribution in [2.24, 2.45) is 5.14 Å². The molecule has 2 aromatic heterocycles. The Labute approximate surface area is 405 Å². The van der Waals surface area contributed by atoms with Crippen LogP contribution in [-0.4, -0.2) is 94.0 Å². The minimum atomic E-state index is -4.24. The van der Waals surface area contributed by atoms with Gasteiger partial charge in [-0.05, 0) is 109 Å². The second-order valence-corrected chi connectivity index (χ2v) is 22.4. The number of rotatable bonds is 17. The van der Waals surface area contributed by atoms with Crippen LogP contribution in [0.25, 0.3) is 0 Å². The topological polar surface area (TPSA) is 233 Å². The molecular formula is C48H70F2N6O11S2. The fourth-order valence-corrected chi connectivity index (χ4v) is 9.59. The average molecular weight is 1010 g/mol. The first-order chi connectivity index (χ1) is 31.9. The summed E-state index contributed by atoms with van der Waals surface area (Å²) in [7, 11) is -4.96. The number of hydrogen-bond donors (Lipinski definition) is 3. The van der Waals surface area contributed by atoms with Gasteiger partial charge in [-0.25, -0.2) is 27.1 Å². The molecule has 69 heavy (non-hydrogen) atoms. The number of sulfonamides is 2. The van der Waals surface area contributed by atoms with Crippen LogP contribution in [0.5, 0.6) is 0 Å². The molecule has 17 nitrogen and oxygen atoms in total. The van der Waals surface area contributed by atoms with Gasteiger partial charge in [0.2, 0.25) is 5.91 Å². The monoisotopic (exact) mass is 1010 g/mol. The Bertz CT molecular complexity index is 2620. The molecule has 0 bridgehead atoms. The molecule has 2 aliphatic rings. The van der Waals surface area contributed by atoms with Crippen LogP contribution in [0.1, 0.15) is 164 Å². The summed E-state index contributed by atoms with van der Waals surface area (Å²) in [5.41, 5.74) is 4.25. The zero-order chi connectivity index (χ0) is 52.1. The van der Waals surface area contributed by atoms with E-state index in [9.17, 15) is 35.2 Å². The number of methoxy groups -OCH3 is 2. The highest BCUT2D eigenvalue weighted by Gasteiger charge is 2.46. The van der Waals surface area contributed by atoms with E-state index in [2.05, 4.69) is 14.9 Å². The molecule has 0 unspecified atom stereocenters. The summed E-state index contributed by atoms with van der Waals surface area (Å²) in [6.45, 7) is 24.3. The van der Waals surface area contributed by atoms with E-state index in [4.69, 9.17) is 29.2 Å². The minimum Gasteiger partial charge on any atom is -0.481 e. The van der Waals surface area contributed by atoms with E-state index >= 15 is 0 Å². The third-order valence-corrected chi connectivity index (χ3v) is 14.0. The molecule has 6 rings (SSSR count). The van der Waals surface area contributed by atoms with E-state index < -0.39 is 43.1 Å². The van der Waals surface area contributed by atoms with Crippen molar-refractivity contribution < 1.29 is 59.3 Å². The van der Waals surface area contributed by atoms with Crippen molar-refractivity contribution in [3.05, 3.63) is 92.8 Å². The number of ether oxygens (including phenoxy) is 4. The van der Waals surface area contributed by atoms with Crippen molar-refractivity contribution in [2.45, 2.75) is 153 Å². The van der Waals surface area contributed by atoms with Gasteiger partial charge in [-0.2, -0.15) is 18.6 Å². The van der Waals surface area contributed by atoms with Gasteiger partial charge in [0.1, 0.15) is 11.6 Å². The molecule has 2 fully saturated rings. The van der Waals surface area contributed by atoms with Gasteiger partial charge < -0.3 is 24.1 Å². The van der Waals surface area contributed by atoms with Crippen molar-refractivity contribution in [3.8, 4) is 0 Å². The number of halogens is 2. The number of nitrogens with two attached hydrogens (primary N) is 1. The summed E-state index contributed by atoms with van der Waals surface area (Å²) in [5.74, 6) is -2.06. The van der Waals surface area contributed by atoms with Crippen molar-refractivity contribution in [3.63, 3.8) is 0 Å². The van der Waals surface area contributed by atoms with Gasteiger partial charge >= 0.3 is 5.97 Å². The number of carbonyl (C=O) groups excluding carboxylic acids is 1. The van der Waals surface area contributed by atoms with E-state index in [1.807, 2.05) is 83.1 Å². The molecule has 384 valence electrons. The lowest BCUT2D eigenvalue weighted by Crippen LogP contribution is -2.49.